The normalized spacial score (nSPS) is 15.4. The first-order valence-electron chi connectivity index (χ1n) is 16.3. The molecule has 222 valence electrons. The lowest BCUT2D eigenvalue weighted by Crippen LogP contribution is -2.27. The Bertz CT molecular complexity index is 2490. The number of fused-ring (bicyclic) bond motifs is 9. The molecule has 1 unspecified atom stereocenters. The van der Waals surface area contributed by atoms with Gasteiger partial charge in [0, 0.05) is 27.3 Å². The minimum absolute atomic E-state index is 0.148. The molecular formula is C43H30N4. The quantitative estimate of drug-likeness (QED) is 0.202. The van der Waals surface area contributed by atoms with Crippen LogP contribution in [0.3, 0.4) is 0 Å². The minimum atomic E-state index is -0.240. The average Bonchev–Trinajstić information content (AvgIpc) is 3.63. The summed E-state index contributed by atoms with van der Waals surface area (Å²) < 4.78 is 2.50. The van der Waals surface area contributed by atoms with Gasteiger partial charge in [-0.25, -0.2) is 15.0 Å². The van der Waals surface area contributed by atoms with Gasteiger partial charge in [0.2, 0.25) is 0 Å². The molecule has 0 bridgehead atoms. The van der Waals surface area contributed by atoms with Crippen molar-refractivity contribution in [3.63, 3.8) is 0 Å². The molecule has 1 aliphatic carbocycles. The van der Waals surface area contributed by atoms with E-state index in [1.165, 1.54) is 60.9 Å². The van der Waals surface area contributed by atoms with E-state index in [-0.39, 0.29) is 11.3 Å². The molecule has 2 aromatic heterocycles. The van der Waals surface area contributed by atoms with Crippen LogP contribution in [0.1, 0.15) is 47.8 Å². The minimum Gasteiger partial charge on any atom is -0.309 e. The van der Waals surface area contributed by atoms with E-state index in [1.807, 2.05) is 36.4 Å². The number of para-hydroxylation sites is 2. The van der Waals surface area contributed by atoms with Crippen molar-refractivity contribution in [2.75, 3.05) is 0 Å². The second-order valence-corrected chi connectivity index (χ2v) is 13.2. The van der Waals surface area contributed by atoms with Crippen molar-refractivity contribution >= 4 is 21.8 Å². The molecule has 10 rings (SSSR count). The van der Waals surface area contributed by atoms with Crippen molar-refractivity contribution in [3.8, 4) is 39.6 Å². The Kier molecular flexibility index (Phi) is 5.37. The molecule has 0 amide bonds. The van der Waals surface area contributed by atoms with Crippen LogP contribution < -0.4 is 0 Å². The molecule has 0 saturated carbocycles. The van der Waals surface area contributed by atoms with E-state index in [0.717, 1.165) is 17.0 Å². The Balaban J connectivity index is 1.34. The lowest BCUT2D eigenvalue weighted by molar-refractivity contribution is 0.631. The number of rotatable bonds is 3. The molecule has 1 aliphatic heterocycles. The molecule has 0 N–H and O–H groups in total. The molecule has 0 saturated heterocycles. The summed E-state index contributed by atoms with van der Waals surface area (Å²) in [5.74, 6) is 2.00. The number of nitrogens with zero attached hydrogens (tertiary/aromatic N) is 4. The Morgan fingerprint density at radius 3 is 1.94 bits per heavy atom. The highest BCUT2D eigenvalue weighted by molar-refractivity contribution is 6.14. The van der Waals surface area contributed by atoms with Gasteiger partial charge in [0.05, 0.1) is 22.6 Å². The van der Waals surface area contributed by atoms with Gasteiger partial charge in [-0.05, 0) is 51.6 Å². The summed E-state index contributed by atoms with van der Waals surface area (Å²) in [4.78, 5) is 15.6. The van der Waals surface area contributed by atoms with E-state index in [2.05, 4.69) is 122 Å². The first-order valence-corrected chi connectivity index (χ1v) is 16.3. The maximum atomic E-state index is 5.27. The van der Waals surface area contributed by atoms with E-state index in [1.54, 1.807) is 0 Å². The smallest absolute Gasteiger partial charge is 0.163 e. The molecule has 0 fully saturated rings. The molecule has 3 heterocycles. The van der Waals surface area contributed by atoms with Crippen LogP contribution in [0, 0.1) is 0 Å². The Hall–Kier alpha value is -5.87. The summed E-state index contributed by atoms with van der Waals surface area (Å²) in [6, 6.07) is 49.6. The monoisotopic (exact) mass is 602 g/mol. The van der Waals surface area contributed by atoms with Crippen molar-refractivity contribution in [1.82, 2.24) is 19.5 Å². The summed E-state index contributed by atoms with van der Waals surface area (Å²) in [7, 11) is 0. The fourth-order valence-corrected chi connectivity index (χ4v) is 8.23. The second-order valence-electron chi connectivity index (χ2n) is 13.2. The number of aromatic nitrogens is 4. The van der Waals surface area contributed by atoms with Gasteiger partial charge in [-0.3, -0.25) is 0 Å². The van der Waals surface area contributed by atoms with Crippen LogP contribution in [0.25, 0.3) is 61.4 Å². The molecular weight excluding hydrogens is 573 g/mol. The molecule has 8 aromatic rings. The van der Waals surface area contributed by atoms with Gasteiger partial charge >= 0.3 is 0 Å². The van der Waals surface area contributed by atoms with Crippen molar-refractivity contribution in [3.05, 3.63) is 168 Å². The van der Waals surface area contributed by atoms with Crippen molar-refractivity contribution in [1.29, 1.82) is 0 Å². The van der Waals surface area contributed by atoms with Gasteiger partial charge in [-0.1, -0.05) is 135 Å². The van der Waals surface area contributed by atoms with Gasteiger partial charge in [-0.2, -0.15) is 0 Å². The fourth-order valence-electron chi connectivity index (χ4n) is 8.23. The molecule has 0 spiro atoms. The van der Waals surface area contributed by atoms with Crippen molar-refractivity contribution in [2.45, 2.75) is 25.2 Å². The number of benzene rings is 6. The third-order valence-corrected chi connectivity index (χ3v) is 10.3. The summed E-state index contributed by atoms with van der Waals surface area (Å²) >= 11 is 0. The third-order valence-electron chi connectivity index (χ3n) is 10.3. The third kappa shape index (κ3) is 3.61. The van der Waals surface area contributed by atoms with Gasteiger partial charge in [0.1, 0.15) is 5.82 Å². The maximum absolute atomic E-state index is 5.27. The molecule has 2 aliphatic rings. The largest absolute Gasteiger partial charge is 0.309 e. The standard InChI is InChI=1S/C43H30N4/c1-43(2)33-22-12-14-24-35(33)47-34-23-13-11-19-28(34)31-25-32-36(38(43)39(31)47)29-20-9-10-21-30(29)37(32)42-45-40(26-15-5-3-6-16-26)44-41(46-42)27-17-7-4-8-18-27/h3-25,37H,1-2H3. The lowest BCUT2D eigenvalue weighted by Gasteiger charge is -2.36. The summed E-state index contributed by atoms with van der Waals surface area (Å²) in [5.41, 5.74) is 13.3. The summed E-state index contributed by atoms with van der Waals surface area (Å²) in [5, 5.41) is 2.54. The Morgan fingerprint density at radius 1 is 0.574 bits per heavy atom. The van der Waals surface area contributed by atoms with E-state index >= 15 is 0 Å². The van der Waals surface area contributed by atoms with Crippen LogP contribution in [-0.2, 0) is 5.41 Å². The van der Waals surface area contributed by atoms with E-state index in [4.69, 9.17) is 15.0 Å². The zero-order chi connectivity index (χ0) is 31.3. The Morgan fingerprint density at radius 2 is 1.19 bits per heavy atom. The van der Waals surface area contributed by atoms with Crippen LogP contribution in [-0.4, -0.2) is 19.5 Å². The molecule has 4 nitrogen and oxygen atoms in total. The van der Waals surface area contributed by atoms with E-state index in [0.29, 0.717) is 11.6 Å². The highest BCUT2D eigenvalue weighted by Gasteiger charge is 2.43. The number of hydrogen-bond acceptors (Lipinski definition) is 3. The topological polar surface area (TPSA) is 43.6 Å². The van der Waals surface area contributed by atoms with Crippen LogP contribution in [0.4, 0.5) is 0 Å². The van der Waals surface area contributed by atoms with Crippen LogP contribution in [0.2, 0.25) is 0 Å². The van der Waals surface area contributed by atoms with E-state index < -0.39 is 0 Å². The highest BCUT2D eigenvalue weighted by atomic mass is 15.0. The molecule has 0 radical (unpaired) electrons. The molecule has 6 aromatic carbocycles. The van der Waals surface area contributed by atoms with Crippen LogP contribution in [0.15, 0.2) is 140 Å². The number of hydrogen-bond donors (Lipinski definition) is 0. The maximum Gasteiger partial charge on any atom is 0.163 e. The van der Waals surface area contributed by atoms with Crippen molar-refractivity contribution < 1.29 is 0 Å². The van der Waals surface area contributed by atoms with E-state index in [9.17, 15) is 0 Å². The first kappa shape index (κ1) is 26.4. The Labute approximate surface area is 273 Å². The lowest BCUT2D eigenvalue weighted by atomic mass is 9.71. The predicted octanol–water partition coefficient (Wildman–Crippen LogP) is 10.1. The van der Waals surface area contributed by atoms with Crippen molar-refractivity contribution in [2.24, 2.45) is 0 Å². The zero-order valence-corrected chi connectivity index (χ0v) is 26.1. The molecule has 1 atom stereocenters. The molecule has 4 heteroatoms. The highest BCUT2D eigenvalue weighted by Crippen LogP contribution is 2.57. The van der Waals surface area contributed by atoms with Crippen LogP contribution >= 0.6 is 0 Å². The summed E-state index contributed by atoms with van der Waals surface area (Å²) in [6.07, 6.45) is 0. The fraction of sp³-hybridized carbons (Fsp3) is 0.0930. The average molecular weight is 603 g/mol. The van der Waals surface area contributed by atoms with Gasteiger partial charge in [0.15, 0.2) is 11.6 Å². The first-order chi connectivity index (χ1) is 23.1. The zero-order valence-electron chi connectivity index (χ0n) is 26.1. The summed E-state index contributed by atoms with van der Waals surface area (Å²) in [6.45, 7) is 4.78. The van der Waals surface area contributed by atoms with Gasteiger partial charge < -0.3 is 4.57 Å². The van der Waals surface area contributed by atoms with Gasteiger partial charge in [0.25, 0.3) is 0 Å². The molecule has 47 heavy (non-hydrogen) atoms. The van der Waals surface area contributed by atoms with Crippen LogP contribution in [0.5, 0.6) is 0 Å². The van der Waals surface area contributed by atoms with Gasteiger partial charge in [-0.15, -0.1) is 0 Å². The SMILES string of the molecule is CC1(C)c2ccccc2-n2c3ccccc3c3cc4c(c1c32)-c1ccccc1C4c1nc(-c2ccccc2)nc(-c2ccccc2)n1. The second kappa shape index (κ2) is 9.57. The predicted molar refractivity (Wildman–Crippen MR) is 190 cm³/mol.